The molecule has 2 heterocycles. The van der Waals surface area contributed by atoms with Gasteiger partial charge in [0.1, 0.15) is 0 Å². The number of ether oxygens (including phenoxy) is 1. The molecule has 0 fully saturated rings. The summed E-state index contributed by atoms with van der Waals surface area (Å²) in [5.74, 6) is -0.464. The maximum absolute atomic E-state index is 11.6. The molecule has 2 rings (SSSR count). The highest BCUT2D eigenvalue weighted by atomic mass is 35.5. The third-order valence-corrected chi connectivity index (χ3v) is 2.80. The van der Waals surface area contributed by atoms with Gasteiger partial charge in [0.25, 0.3) is 0 Å². The van der Waals surface area contributed by atoms with E-state index in [2.05, 4.69) is 9.97 Å². The fourth-order valence-electron chi connectivity index (χ4n) is 1.57. The molecule has 2 aromatic rings. The third-order valence-electron chi connectivity index (χ3n) is 2.39. The molecule has 0 amide bonds. The van der Waals surface area contributed by atoms with Gasteiger partial charge in [0.05, 0.1) is 22.7 Å². The standard InChI is InChI=1S/C12H11ClN2O2/c1-3-17-12(16)9-6-15-11-7(2)4-14-5-8(11)10(9)13/h4-6H,3H2,1-2H3. The van der Waals surface area contributed by atoms with Crippen molar-refractivity contribution >= 4 is 28.5 Å². The van der Waals surface area contributed by atoms with Crippen molar-refractivity contribution < 1.29 is 9.53 Å². The fraction of sp³-hybridized carbons (Fsp3) is 0.250. The molecule has 0 saturated carbocycles. The molecule has 0 saturated heterocycles. The Hall–Kier alpha value is -1.68. The van der Waals surface area contributed by atoms with Gasteiger partial charge in [-0.1, -0.05) is 11.6 Å². The highest BCUT2D eigenvalue weighted by Crippen LogP contribution is 2.26. The first kappa shape index (κ1) is 11.8. The van der Waals surface area contributed by atoms with Crippen LogP contribution in [0.5, 0.6) is 0 Å². The molecule has 0 aromatic carbocycles. The van der Waals surface area contributed by atoms with Crippen LogP contribution in [0, 0.1) is 6.92 Å². The van der Waals surface area contributed by atoms with Crippen LogP contribution in [0.3, 0.4) is 0 Å². The third kappa shape index (κ3) is 2.08. The molecule has 0 aliphatic rings. The van der Waals surface area contributed by atoms with Gasteiger partial charge in [-0.3, -0.25) is 9.97 Å². The molecule has 0 spiro atoms. The summed E-state index contributed by atoms with van der Waals surface area (Å²) in [6.45, 7) is 3.94. The molecule has 0 N–H and O–H groups in total. The van der Waals surface area contributed by atoms with Crippen LogP contribution in [0.2, 0.25) is 5.02 Å². The molecule has 4 nitrogen and oxygen atoms in total. The topological polar surface area (TPSA) is 52.1 Å². The fourth-order valence-corrected chi connectivity index (χ4v) is 1.84. The van der Waals surface area contributed by atoms with E-state index in [0.717, 1.165) is 11.1 Å². The highest BCUT2D eigenvalue weighted by Gasteiger charge is 2.15. The van der Waals surface area contributed by atoms with E-state index < -0.39 is 5.97 Å². The Morgan fingerprint density at radius 1 is 1.41 bits per heavy atom. The zero-order valence-corrected chi connectivity index (χ0v) is 10.3. The number of hydrogen-bond acceptors (Lipinski definition) is 4. The number of aromatic nitrogens is 2. The Morgan fingerprint density at radius 3 is 2.88 bits per heavy atom. The van der Waals surface area contributed by atoms with Crippen molar-refractivity contribution in [3.8, 4) is 0 Å². The number of carbonyl (C=O) groups excluding carboxylic acids is 1. The maximum Gasteiger partial charge on any atom is 0.341 e. The summed E-state index contributed by atoms with van der Waals surface area (Å²) in [7, 11) is 0. The quantitative estimate of drug-likeness (QED) is 0.769. The van der Waals surface area contributed by atoms with Gasteiger partial charge in [0, 0.05) is 24.0 Å². The Balaban J connectivity index is 2.62. The Bertz CT molecular complexity index is 584. The largest absolute Gasteiger partial charge is 0.462 e. The number of rotatable bonds is 2. The minimum absolute atomic E-state index is 0.272. The molecule has 0 atom stereocenters. The molecule has 88 valence electrons. The number of nitrogens with zero attached hydrogens (tertiary/aromatic N) is 2. The van der Waals surface area contributed by atoms with Gasteiger partial charge in [-0.05, 0) is 19.4 Å². The van der Waals surface area contributed by atoms with Gasteiger partial charge in [0.2, 0.25) is 0 Å². The molecule has 0 bridgehead atoms. The van der Waals surface area contributed by atoms with E-state index in [-0.39, 0.29) is 5.56 Å². The van der Waals surface area contributed by atoms with Crippen LogP contribution in [0.25, 0.3) is 10.9 Å². The lowest BCUT2D eigenvalue weighted by molar-refractivity contribution is 0.0526. The monoisotopic (exact) mass is 250 g/mol. The van der Waals surface area contributed by atoms with Crippen molar-refractivity contribution in [3.63, 3.8) is 0 Å². The van der Waals surface area contributed by atoms with E-state index in [1.165, 1.54) is 6.20 Å². The van der Waals surface area contributed by atoms with Crippen LogP contribution in [-0.4, -0.2) is 22.5 Å². The first-order valence-electron chi connectivity index (χ1n) is 5.21. The van der Waals surface area contributed by atoms with Crippen molar-refractivity contribution in [1.29, 1.82) is 0 Å². The van der Waals surface area contributed by atoms with E-state index in [1.807, 2.05) is 6.92 Å². The summed E-state index contributed by atoms with van der Waals surface area (Å²) < 4.78 is 4.90. The minimum Gasteiger partial charge on any atom is -0.462 e. The predicted molar refractivity (Wildman–Crippen MR) is 65.2 cm³/mol. The number of hydrogen-bond donors (Lipinski definition) is 0. The highest BCUT2D eigenvalue weighted by molar-refractivity contribution is 6.38. The number of halogens is 1. The molecule has 0 aliphatic carbocycles. The predicted octanol–water partition coefficient (Wildman–Crippen LogP) is 2.77. The summed E-state index contributed by atoms with van der Waals surface area (Å²) in [6.07, 6.45) is 4.74. The van der Waals surface area contributed by atoms with Crippen molar-refractivity contribution in [2.45, 2.75) is 13.8 Å². The second-order valence-corrected chi connectivity index (χ2v) is 3.94. The number of fused-ring (bicyclic) bond motifs is 1. The summed E-state index contributed by atoms with van der Waals surface area (Å²) in [4.78, 5) is 19.9. The number of carbonyl (C=O) groups is 1. The first-order chi connectivity index (χ1) is 8.15. The van der Waals surface area contributed by atoms with Crippen LogP contribution in [0.4, 0.5) is 0 Å². The Labute approximate surface area is 104 Å². The van der Waals surface area contributed by atoms with E-state index in [9.17, 15) is 4.79 Å². The van der Waals surface area contributed by atoms with Crippen molar-refractivity contribution in [2.24, 2.45) is 0 Å². The summed E-state index contributed by atoms with van der Waals surface area (Å²) in [6, 6.07) is 0. The Kier molecular flexibility index (Phi) is 3.24. The van der Waals surface area contributed by atoms with E-state index in [4.69, 9.17) is 16.3 Å². The number of aryl methyl sites for hydroxylation is 1. The van der Waals surface area contributed by atoms with Gasteiger partial charge in [-0.25, -0.2) is 4.79 Å². The second-order valence-electron chi connectivity index (χ2n) is 3.56. The average Bonchev–Trinajstić information content (AvgIpc) is 2.31. The van der Waals surface area contributed by atoms with Crippen molar-refractivity contribution in [1.82, 2.24) is 9.97 Å². The van der Waals surface area contributed by atoms with Crippen LogP contribution in [0.1, 0.15) is 22.8 Å². The molecular weight excluding hydrogens is 240 g/mol. The average molecular weight is 251 g/mol. The Morgan fingerprint density at radius 2 is 2.18 bits per heavy atom. The molecule has 0 unspecified atom stereocenters. The normalized spacial score (nSPS) is 10.5. The lowest BCUT2D eigenvalue weighted by Gasteiger charge is -2.07. The summed E-state index contributed by atoms with van der Waals surface area (Å²) in [5, 5.41) is 1.00. The van der Waals surface area contributed by atoms with Crippen LogP contribution in [-0.2, 0) is 4.74 Å². The summed E-state index contributed by atoms with van der Waals surface area (Å²) >= 11 is 6.16. The smallest absolute Gasteiger partial charge is 0.341 e. The number of esters is 1. The van der Waals surface area contributed by atoms with E-state index >= 15 is 0 Å². The SMILES string of the molecule is CCOC(=O)c1cnc2c(C)cncc2c1Cl. The molecule has 0 radical (unpaired) electrons. The molecular formula is C12H11ClN2O2. The number of pyridine rings is 2. The van der Waals surface area contributed by atoms with Crippen molar-refractivity contribution in [2.75, 3.05) is 6.61 Å². The van der Waals surface area contributed by atoms with Crippen molar-refractivity contribution in [3.05, 3.63) is 34.7 Å². The molecule has 5 heteroatoms. The van der Waals surface area contributed by atoms with Crippen LogP contribution < -0.4 is 0 Å². The minimum atomic E-state index is -0.464. The molecule has 0 aliphatic heterocycles. The summed E-state index contributed by atoms with van der Waals surface area (Å²) in [5.41, 5.74) is 1.94. The van der Waals surface area contributed by atoms with E-state index in [1.54, 1.807) is 19.3 Å². The second kappa shape index (κ2) is 4.67. The lowest BCUT2D eigenvalue weighted by atomic mass is 10.1. The maximum atomic E-state index is 11.6. The zero-order chi connectivity index (χ0) is 12.4. The molecule has 2 aromatic heterocycles. The van der Waals surface area contributed by atoms with Crippen LogP contribution in [0.15, 0.2) is 18.6 Å². The van der Waals surface area contributed by atoms with Gasteiger partial charge >= 0.3 is 5.97 Å². The van der Waals surface area contributed by atoms with E-state index in [0.29, 0.717) is 17.0 Å². The first-order valence-corrected chi connectivity index (χ1v) is 5.59. The lowest BCUT2D eigenvalue weighted by Crippen LogP contribution is -2.06. The van der Waals surface area contributed by atoms with Gasteiger partial charge in [0.15, 0.2) is 0 Å². The van der Waals surface area contributed by atoms with Crippen LogP contribution >= 0.6 is 11.6 Å². The van der Waals surface area contributed by atoms with Gasteiger partial charge in [-0.2, -0.15) is 0 Å². The zero-order valence-electron chi connectivity index (χ0n) is 9.53. The molecule has 17 heavy (non-hydrogen) atoms. The van der Waals surface area contributed by atoms with Gasteiger partial charge in [-0.15, -0.1) is 0 Å². The van der Waals surface area contributed by atoms with Gasteiger partial charge < -0.3 is 4.74 Å².